The highest BCUT2D eigenvalue weighted by Gasteiger charge is 2.44. The standard InChI is InChI=1S/C18H14N2O4/c21-15-17(23)20(12-14-9-5-2-6-10-14)18(24)16(22)19(15)11-13-7-3-1-4-8-13/h1-10H,11-12H2. The summed E-state index contributed by atoms with van der Waals surface area (Å²) in [7, 11) is 0. The van der Waals surface area contributed by atoms with Crippen LogP contribution in [0.25, 0.3) is 0 Å². The minimum atomic E-state index is -0.987. The van der Waals surface area contributed by atoms with Crippen LogP contribution in [0, 0.1) is 0 Å². The van der Waals surface area contributed by atoms with Gasteiger partial charge in [0, 0.05) is 0 Å². The first kappa shape index (κ1) is 15.6. The van der Waals surface area contributed by atoms with Gasteiger partial charge in [-0.2, -0.15) is 0 Å². The van der Waals surface area contributed by atoms with E-state index in [9.17, 15) is 19.2 Å². The zero-order valence-electron chi connectivity index (χ0n) is 12.7. The fourth-order valence-corrected chi connectivity index (χ4v) is 2.47. The van der Waals surface area contributed by atoms with Gasteiger partial charge in [0.25, 0.3) is 0 Å². The van der Waals surface area contributed by atoms with Gasteiger partial charge < -0.3 is 0 Å². The van der Waals surface area contributed by atoms with E-state index in [0.29, 0.717) is 20.9 Å². The van der Waals surface area contributed by atoms with E-state index in [2.05, 4.69) is 0 Å². The zero-order valence-corrected chi connectivity index (χ0v) is 12.7. The molecule has 1 aliphatic rings. The van der Waals surface area contributed by atoms with Gasteiger partial charge in [-0.25, -0.2) is 0 Å². The molecule has 24 heavy (non-hydrogen) atoms. The largest absolute Gasteiger partial charge is 0.319 e. The van der Waals surface area contributed by atoms with E-state index in [1.54, 1.807) is 60.7 Å². The lowest BCUT2D eigenvalue weighted by Gasteiger charge is -2.30. The average Bonchev–Trinajstić information content (AvgIpc) is 2.62. The first-order chi connectivity index (χ1) is 11.6. The quantitative estimate of drug-likeness (QED) is 0.624. The molecule has 2 aromatic carbocycles. The summed E-state index contributed by atoms with van der Waals surface area (Å²) in [5.74, 6) is -3.95. The Kier molecular flexibility index (Phi) is 4.20. The topological polar surface area (TPSA) is 74.8 Å². The number of amides is 4. The van der Waals surface area contributed by atoms with Crippen LogP contribution in [0.1, 0.15) is 11.1 Å². The number of imide groups is 2. The van der Waals surface area contributed by atoms with Crippen LogP contribution in [0.5, 0.6) is 0 Å². The van der Waals surface area contributed by atoms with Crippen LogP contribution >= 0.6 is 0 Å². The maximum absolute atomic E-state index is 12.2. The van der Waals surface area contributed by atoms with Gasteiger partial charge in [0.2, 0.25) is 0 Å². The monoisotopic (exact) mass is 322 g/mol. The average molecular weight is 322 g/mol. The summed E-state index contributed by atoms with van der Waals surface area (Å²) in [5, 5.41) is 0. The van der Waals surface area contributed by atoms with Gasteiger partial charge in [0.05, 0.1) is 13.1 Å². The molecule has 0 spiro atoms. The van der Waals surface area contributed by atoms with Crippen molar-refractivity contribution >= 4 is 23.6 Å². The van der Waals surface area contributed by atoms with Crippen molar-refractivity contribution in [3.63, 3.8) is 0 Å². The number of rotatable bonds is 4. The van der Waals surface area contributed by atoms with Crippen molar-refractivity contribution in [2.75, 3.05) is 0 Å². The maximum atomic E-state index is 12.2. The van der Waals surface area contributed by atoms with Crippen LogP contribution < -0.4 is 0 Å². The van der Waals surface area contributed by atoms with Crippen LogP contribution in [0.4, 0.5) is 0 Å². The second-order valence-corrected chi connectivity index (χ2v) is 5.36. The number of hydrogen-bond donors (Lipinski definition) is 0. The Hall–Kier alpha value is -3.28. The Balaban J connectivity index is 1.81. The van der Waals surface area contributed by atoms with Gasteiger partial charge in [0.15, 0.2) is 0 Å². The number of benzene rings is 2. The summed E-state index contributed by atoms with van der Waals surface area (Å²) >= 11 is 0. The SMILES string of the molecule is O=C1C(=O)N(Cc2ccccc2)C(=O)C(=O)N1Cc1ccccc1. The molecule has 0 saturated carbocycles. The van der Waals surface area contributed by atoms with Crippen molar-refractivity contribution in [1.82, 2.24) is 9.80 Å². The lowest BCUT2D eigenvalue weighted by Crippen LogP contribution is -2.59. The minimum absolute atomic E-state index is 0.102. The molecule has 2 aromatic rings. The van der Waals surface area contributed by atoms with Crippen LogP contribution in [-0.4, -0.2) is 33.4 Å². The van der Waals surface area contributed by atoms with Crippen molar-refractivity contribution in [2.45, 2.75) is 13.1 Å². The molecule has 1 fully saturated rings. The van der Waals surface area contributed by atoms with E-state index in [1.165, 1.54) is 0 Å². The first-order valence-electron chi connectivity index (χ1n) is 7.37. The van der Waals surface area contributed by atoms with E-state index < -0.39 is 23.6 Å². The van der Waals surface area contributed by atoms with Crippen molar-refractivity contribution in [1.29, 1.82) is 0 Å². The number of piperazine rings is 1. The van der Waals surface area contributed by atoms with Gasteiger partial charge in [-0.15, -0.1) is 0 Å². The number of hydrogen-bond acceptors (Lipinski definition) is 4. The second kappa shape index (κ2) is 6.45. The van der Waals surface area contributed by atoms with Gasteiger partial charge in [-0.05, 0) is 11.1 Å². The highest BCUT2D eigenvalue weighted by Crippen LogP contribution is 2.15. The molecule has 4 amide bonds. The molecule has 0 aromatic heterocycles. The zero-order chi connectivity index (χ0) is 17.1. The molecule has 0 bridgehead atoms. The van der Waals surface area contributed by atoms with Crippen LogP contribution in [0.2, 0.25) is 0 Å². The predicted molar refractivity (Wildman–Crippen MR) is 84.0 cm³/mol. The summed E-state index contributed by atoms with van der Waals surface area (Å²) in [6, 6.07) is 17.4. The van der Waals surface area contributed by atoms with Crippen LogP contribution in [-0.2, 0) is 32.3 Å². The molecule has 1 saturated heterocycles. The third kappa shape index (κ3) is 2.94. The summed E-state index contributed by atoms with van der Waals surface area (Å²) in [6.45, 7) is -0.204. The molecule has 120 valence electrons. The lowest BCUT2D eigenvalue weighted by molar-refractivity contribution is -0.172. The third-order valence-corrected chi connectivity index (χ3v) is 3.71. The maximum Gasteiger partial charge on any atom is 0.319 e. The fourth-order valence-electron chi connectivity index (χ4n) is 2.47. The van der Waals surface area contributed by atoms with Crippen molar-refractivity contribution in [2.24, 2.45) is 0 Å². The fraction of sp³-hybridized carbons (Fsp3) is 0.111. The summed E-state index contributed by atoms with van der Waals surface area (Å²) in [5.41, 5.74) is 1.33. The van der Waals surface area contributed by atoms with Gasteiger partial charge in [0.1, 0.15) is 0 Å². The summed E-state index contributed by atoms with van der Waals surface area (Å²) < 4.78 is 0. The van der Waals surface area contributed by atoms with Gasteiger partial charge in [-0.1, -0.05) is 60.7 Å². The number of nitrogens with zero attached hydrogens (tertiary/aromatic N) is 2. The molecule has 0 radical (unpaired) electrons. The Labute approximate surface area is 138 Å². The first-order valence-corrected chi connectivity index (χ1v) is 7.37. The van der Waals surface area contributed by atoms with Gasteiger partial charge in [-0.3, -0.25) is 29.0 Å². The molecule has 3 rings (SSSR count). The Morgan fingerprint density at radius 1 is 0.500 bits per heavy atom. The van der Waals surface area contributed by atoms with E-state index >= 15 is 0 Å². The Morgan fingerprint density at radius 2 is 0.792 bits per heavy atom. The number of carbonyl (C=O) groups is 4. The van der Waals surface area contributed by atoms with E-state index in [1.807, 2.05) is 0 Å². The molecule has 6 heteroatoms. The summed E-state index contributed by atoms with van der Waals surface area (Å²) in [6.07, 6.45) is 0. The smallest absolute Gasteiger partial charge is 0.263 e. The number of carbonyl (C=O) groups excluding carboxylic acids is 4. The van der Waals surface area contributed by atoms with Crippen molar-refractivity contribution in [3.8, 4) is 0 Å². The van der Waals surface area contributed by atoms with E-state index in [4.69, 9.17) is 0 Å². The van der Waals surface area contributed by atoms with Crippen LogP contribution in [0.15, 0.2) is 60.7 Å². The Morgan fingerprint density at radius 3 is 1.08 bits per heavy atom. The van der Waals surface area contributed by atoms with E-state index in [-0.39, 0.29) is 13.1 Å². The van der Waals surface area contributed by atoms with Crippen LogP contribution in [0.3, 0.4) is 0 Å². The molecule has 0 atom stereocenters. The highest BCUT2D eigenvalue weighted by atomic mass is 16.2. The predicted octanol–water partition coefficient (Wildman–Crippen LogP) is 1.11. The molecule has 0 aliphatic carbocycles. The second-order valence-electron chi connectivity index (χ2n) is 5.36. The molecule has 1 heterocycles. The third-order valence-electron chi connectivity index (χ3n) is 3.71. The molecule has 0 N–H and O–H groups in total. The van der Waals surface area contributed by atoms with Gasteiger partial charge >= 0.3 is 23.6 Å². The molecule has 1 aliphatic heterocycles. The summed E-state index contributed by atoms with van der Waals surface area (Å²) in [4.78, 5) is 50.4. The van der Waals surface area contributed by atoms with Crippen molar-refractivity contribution in [3.05, 3.63) is 71.8 Å². The lowest BCUT2D eigenvalue weighted by atomic mass is 10.1. The molecule has 6 nitrogen and oxygen atoms in total. The Bertz CT molecular complexity index is 705. The molecular weight excluding hydrogens is 308 g/mol. The van der Waals surface area contributed by atoms with E-state index in [0.717, 1.165) is 0 Å². The van der Waals surface area contributed by atoms with Crippen molar-refractivity contribution < 1.29 is 19.2 Å². The molecule has 0 unspecified atom stereocenters. The minimum Gasteiger partial charge on any atom is -0.263 e. The molecular formula is C18H14N2O4. The normalized spacial score (nSPS) is 15.2. The highest BCUT2D eigenvalue weighted by molar-refractivity contribution is 6.54.